The number of nitrogens with zero attached hydrogens (tertiary/aromatic N) is 1. The van der Waals surface area contributed by atoms with Gasteiger partial charge in [-0.3, -0.25) is 29.0 Å². The number of rotatable bonds is 7. The molecule has 2 bridgehead atoms. The molecule has 4 aliphatic rings. The van der Waals surface area contributed by atoms with Crippen LogP contribution in [0.15, 0.2) is 36.7 Å². The van der Waals surface area contributed by atoms with Crippen LogP contribution in [0.2, 0.25) is 0 Å². The summed E-state index contributed by atoms with van der Waals surface area (Å²) in [6, 6.07) is 3.06. The van der Waals surface area contributed by atoms with Crippen LogP contribution in [0, 0.1) is 29.1 Å². The van der Waals surface area contributed by atoms with Crippen molar-refractivity contribution in [1.29, 1.82) is 0 Å². The third-order valence-electron chi connectivity index (χ3n) is 10.2. The molecule has 0 amide bonds. The number of ether oxygens (including phenoxy) is 6. The Hall–Kier alpha value is -4.13. The number of fused-ring (bicyclic) bond motifs is 1. The first-order chi connectivity index (χ1) is 21.9. The zero-order valence-corrected chi connectivity index (χ0v) is 27.8. The average Bonchev–Trinajstić information content (AvgIpc) is 3.40. The fraction of sp³-hybridized carbons (Fsp3) is 0.618. The van der Waals surface area contributed by atoms with Crippen molar-refractivity contribution in [3.05, 3.63) is 42.2 Å². The van der Waals surface area contributed by atoms with E-state index < -0.39 is 99.8 Å². The summed E-state index contributed by atoms with van der Waals surface area (Å²) >= 11 is 0. The highest BCUT2D eigenvalue weighted by molar-refractivity contribution is 5.98. The Balaban J connectivity index is 1.87. The lowest BCUT2D eigenvalue weighted by Crippen LogP contribution is -2.64. The van der Waals surface area contributed by atoms with Gasteiger partial charge in [-0.05, 0) is 51.3 Å². The van der Waals surface area contributed by atoms with Gasteiger partial charge in [0.1, 0.15) is 28.8 Å². The van der Waals surface area contributed by atoms with Crippen LogP contribution in [-0.4, -0.2) is 82.3 Å². The van der Waals surface area contributed by atoms with E-state index in [2.05, 4.69) is 4.98 Å². The van der Waals surface area contributed by atoms with Gasteiger partial charge in [-0.25, -0.2) is 4.79 Å². The van der Waals surface area contributed by atoms with Crippen LogP contribution >= 0.6 is 0 Å². The Kier molecular flexibility index (Phi) is 8.62. The molecule has 1 aliphatic heterocycles. The van der Waals surface area contributed by atoms with Crippen molar-refractivity contribution in [3.8, 4) is 0 Å². The lowest BCUT2D eigenvalue weighted by atomic mass is 9.54. The van der Waals surface area contributed by atoms with Crippen molar-refractivity contribution >= 4 is 35.6 Å². The van der Waals surface area contributed by atoms with Gasteiger partial charge in [0.25, 0.3) is 0 Å². The molecule has 254 valence electrons. The van der Waals surface area contributed by atoms with Crippen LogP contribution in [0.5, 0.6) is 0 Å². The summed E-state index contributed by atoms with van der Waals surface area (Å²) in [4.78, 5) is 83.4. The molecule has 3 aliphatic carbocycles. The first-order valence-electron chi connectivity index (χ1n) is 15.6. The van der Waals surface area contributed by atoms with E-state index in [1.807, 2.05) is 0 Å². The highest BCUT2D eigenvalue weighted by Gasteiger charge is 2.82. The smallest absolute Gasteiger partial charge is 0.340 e. The predicted octanol–water partition coefficient (Wildman–Crippen LogP) is 2.93. The second-order valence-corrected chi connectivity index (χ2v) is 13.8. The molecule has 0 unspecified atom stereocenters. The van der Waals surface area contributed by atoms with E-state index in [0.717, 1.165) is 0 Å². The number of hydrogen-bond donors (Lipinski definition) is 0. The number of allylic oxidation sites excluding steroid dienone is 1. The number of hydrogen-bond acceptors (Lipinski definition) is 13. The van der Waals surface area contributed by atoms with Crippen molar-refractivity contribution < 1.29 is 57.2 Å². The van der Waals surface area contributed by atoms with Crippen LogP contribution in [0.25, 0.3) is 0 Å². The average molecular weight is 656 g/mol. The van der Waals surface area contributed by atoms with Gasteiger partial charge in [0.2, 0.25) is 0 Å². The molecular weight excluding hydrogens is 614 g/mol. The Morgan fingerprint density at radius 3 is 2.23 bits per heavy atom. The summed E-state index contributed by atoms with van der Waals surface area (Å²) in [7, 11) is 0. The van der Waals surface area contributed by atoms with Crippen LogP contribution in [0.3, 0.4) is 0 Å². The minimum absolute atomic E-state index is 0.0146. The second kappa shape index (κ2) is 11.8. The van der Waals surface area contributed by atoms with Gasteiger partial charge < -0.3 is 28.4 Å². The summed E-state index contributed by atoms with van der Waals surface area (Å²) in [5, 5.41) is 0. The summed E-state index contributed by atoms with van der Waals surface area (Å²) in [5.41, 5.74) is -6.31. The number of esters is 5. The number of carbonyl (C=O) groups is 6. The highest BCUT2D eigenvalue weighted by Crippen LogP contribution is 2.68. The van der Waals surface area contributed by atoms with Crippen LogP contribution in [0.1, 0.15) is 72.2 Å². The van der Waals surface area contributed by atoms with Gasteiger partial charge >= 0.3 is 29.8 Å². The quantitative estimate of drug-likeness (QED) is 0.311. The zero-order valence-electron chi connectivity index (χ0n) is 27.8. The fourth-order valence-electron chi connectivity index (χ4n) is 8.98. The summed E-state index contributed by atoms with van der Waals surface area (Å²) in [6.07, 6.45) is 1.86. The van der Waals surface area contributed by atoms with E-state index in [-0.39, 0.29) is 18.6 Å². The van der Waals surface area contributed by atoms with Crippen molar-refractivity contribution in [1.82, 2.24) is 4.98 Å². The number of carbonyl (C=O) groups excluding carboxylic acids is 6. The molecule has 13 nitrogen and oxygen atoms in total. The van der Waals surface area contributed by atoms with Crippen molar-refractivity contribution in [2.45, 2.75) is 96.9 Å². The largest absolute Gasteiger partial charge is 0.462 e. The van der Waals surface area contributed by atoms with Gasteiger partial charge in [-0.2, -0.15) is 0 Å². The maximum absolute atomic E-state index is 14.5. The summed E-state index contributed by atoms with van der Waals surface area (Å²) in [6.45, 7) is 11.4. The van der Waals surface area contributed by atoms with Gasteiger partial charge in [0.15, 0.2) is 17.5 Å². The van der Waals surface area contributed by atoms with Crippen molar-refractivity contribution in [2.24, 2.45) is 29.1 Å². The molecule has 0 aromatic carbocycles. The first-order valence-corrected chi connectivity index (χ1v) is 15.6. The van der Waals surface area contributed by atoms with Gasteiger partial charge in [0, 0.05) is 51.9 Å². The fourth-order valence-corrected chi connectivity index (χ4v) is 8.98. The van der Waals surface area contributed by atoms with Crippen LogP contribution < -0.4 is 0 Å². The monoisotopic (exact) mass is 655 g/mol. The van der Waals surface area contributed by atoms with Crippen LogP contribution in [-0.2, 0) is 52.4 Å². The van der Waals surface area contributed by atoms with Crippen molar-refractivity contribution in [2.75, 3.05) is 6.61 Å². The Labute approximate surface area is 272 Å². The lowest BCUT2D eigenvalue weighted by molar-refractivity contribution is -0.235. The van der Waals surface area contributed by atoms with E-state index in [0.29, 0.717) is 0 Å². The SMILES string of the molecule is CC(=O)O[C@@H]1[C@@H]2[C@@H](OC(C)=O)[C@@]34CO[C@@](C)([C@H](OC(=O)c5cccnc5)[C@@]2(OC(C)=O)C[C@@H]1C)[C@@H]3[C@@H](C(C)(C)OC(C)=O)C=CC4=O. The Bertz CT molecular complexity index is 1520. The maximum Gasteiger partial charge on any atom is 0.340 e. The molecule has 13 heteroatoms. The van der Waals surface area contributed by atoms with E-state index >= 15 is 0 Å². The molecule has 2 heterocycles. The van der Waals surface area contributed by atoms with E-state index in [9.17, 15) is 28.8 Å². The Morgan fingerprint density at radius 1 is 0.979 bits per heavy atom. The maximum atomic E-state index is 14.5. The topological polar surface area (TPSA) is 171 Å². The zero-order chi connectivity index (χ0) is 34.7. The molecule has 0 spiro atoms. The number of ketones is 1. The Morgan fingerprint density at radius 2 is 1.66 bits per heavy atom. The molecular formula is C34H41NO12. The predicted molar refractivity (Wildman–Crippen MR) is 160 cm³/mol. The van der Waals surface area contributed by atoms with Crippen LogP contribution in [0.4, 0.5) is 0 Å². The normalized spacial score (nSPS) is 37.1. The summed E-state index contributed by atoms with van der Waals surface area (Å²) < 4.78 is 37.1. The molecule has 1 aromatic heterocycles. The minimum Gasteiger partial charge on any atom is -0.462 e. The minimum atomic E-state index is -1.83. The number of pyridine rings is 1. The molecule has 5 rings (SSSR count). The molecule has 1 saturated heterocycles. The first kappa shape index (κ1) is 34.2. The van der Waals surface area contributed by atoms with Gasteiger partial charge in [0.05, 0.1) is 18.1 Å². The summed E-state index contributed by atoms with van der Waals surface area (Å²) in [5.74, 6) is -7.48. The molecule has 3 fully saturated rings. The lowest BCUT2D eigenvalue weighted by Gasteiger charge is -2.50. The van der Waals surface area contributed by atoms with Gasteiger partial charge in [-0.1, -0.05) is 13.0 Å². The molecule has 2 saturated carbocycles. The standard InChI is InChI=1S/C34H41NO12/c1-17-14-34(47-21(5)39)25(26(17)43-18(2)36)28(44-19(3)37)33-16-42-32(8,30(34)45-29(41)22-10-9-13-35-15-22)27(33)23(11-12-24(33)40)31(6,7)46-20(4)38/h9-13,15,17,23,25-28,30H,14,16H2,1-8H3/t17-,23-,25+,26-,27-,28+,30-,32+,33+,34+/m0/s1. The molecule has 47 heavy (non-hydrogen) atoms. The molecule has 1 aromatic rings. The van der Waals surface area contributed by atoms with Gasteiger partial charge in [-0.15, -0.1) is 0 Å². The third kappa shape index (κ3) is 5.41. The molecule has 0 N–H and O–H groups in total. The second-order valence-electron chi connectivity index (χ2n) is 13.8. The number of aromatic nitrogens is 1. The third-order valence-corrected chi connectivity index (χ3v) is 10.2. The van der Waals surface area contributed by atoms with Crippen molar-refractivity contribution in [3.63, 3.8) is 0 Å². The highest BCUT2D eigenvalue weighted by atomic mass is 16.6. The molecule has 10 atom stereocenters. The van der Waals surface area contributed by atoms with E-state index in [4.69, 9.17) is 28.4 Å². The van der Waals surface area contributed by atoms with E-state index in [1.54, 1.807) is 39.8 Å². The van der Waals surface area contributed by atoms with E-state index in [1.165, 1.54) is 52.2 Å². The molecule has 0 radical (unpaired) electrons.